The molecule has 0 bridgehead atoms. The van der Waals surface area contributed by atoms with Gasteiger partial charge in [-0.3, -0.25) is 4.79 Å². The standard InChI is InChI=1S/C13H16N2O5/c1-3-20-13(19)10(14)11(16)15-9-5-4-7(2)6-8(9)12(17)18/h4-6,10H,3,14H2,1-2H3,(H,15,16)(H,17,18). The summed E-state index contributed by atoms with van der Waals surface area (Å²) in [7, 11) is 0. The number of benzene rings is 1. The van der Waals surface area contributed by atoms with Gasteiger partial charge >= 0.3 is 11.9 Å². The number of carbonyl (C=O) groups excluding carboxylic acids is 2. The van der Waals surface area contributed by atoms with E-state index in [0.717, 1.165) is 5.56 Å². The predicted molar refractivity (Wildman–Crippen MR) is 71.4 cm³/mol. The molecule has 0 radical (unpaired) electrons. The van der Waals surface area contributed by atoms with Crippen LogP contribution in [-0.2, 0) is 14.3 Å². The molecule has 1 aromatic rings. The molecule has 1 amide bonds. The Morgan fingerprint density at radius 2 is 2.05 bits per heavy atom. The highest BCUT2D eigenvalue weighted by Gasteiger charge is 2.24. The van der Waals surface area contributed by atoms with E-state index in [-0.39, 0.29) is 17.9 Å². The van der Waals surface area contributed by atoms with Gasteiger partial charge in [0.15, 0.2) is 6.04 Å². The molecule has 0 spiro atoms. The van der Waals surface area contributed by atoms with Gasteiger partial charge in [0, 0.05) is 0 Å². The number of carbonyl (C=O) groups is 3. The van der Waals surface area contributed by atoms with Crippen LogP contribution in [0.2, 0.25) is 0 Å². The number of rotatable bonds is 5. The Bertz CT molecular complexity index is 542. The third-order valence-electron chi connectivity index (χ3n) is 2.49. The number of aryl methyl sites for hydroxylation is 1. The molecule has 0 aliphatic rings. The molecule has 0 aromatic heterocycles. The molecule has 1 unspecified atom stereocenters. The predicted octanol–water partition coefficient (Wildman–Crippen LogP) is 0.522. The van der Waals surface area contributed by atoms with E-state index in [9.17, 15) is 14.4 Å². The van der Waals surface area contributed by atoms with Crippen LogP contribution in [0, 0.1) is 6.92 Å². The number of esters is 1. The van der Waals surface area contributed by atoms with Crippen LogP contribution in [-0.4, -0.2) is 35.6 Å². The Kier molecular flexibility index (Phi) is 5.22. The van der Waals surface area contributed by atoms with Gasteiger partial charge in [0.25, 0.3) is 5.91 Å². The van der Waals surface area contributed by atoms with Crippen molar-refractivity contribution < 1.29 is 24.2 Å². The number of hydrogen-bond acceptors (Lipinski definition) is 5. The summed E-state index contributed by atoms with van der Waals surface area (Å²) in [6, 6.07) is 2.98. The zero-order valence-electron chi connectivity index (χ0n) is 11.2. The number of nitrogens with two attached hydrogens (primary N) is 1. The van der Waals surface area contributed by atoms with E-state index in [0.29, 0.717) is 0 Å². The first-order valence-electron chi connectivity index (χ1n) is 5.93. The third-order valence-corrected chi connectivity index (χ3v) is 2.49. The second-order valence-electron chi connectivity index (χ2n) is 4.07. The van der Waals surface area contributed by atoms with E-state index in [1.807, 2.05) is 0 Å². The van der Waals surface area contributed by atoms with Crippen LogP contribution in [0.1, 0.15) is 22.8 Å². The van der Waals surface area contributed by atoms with Gasteiger partial charge in [-0.25, -0.2) is 9.59 Å². The number of carboxylic acids is 1. The van der Waals surface area contributed by atoms with E-state index >= 15 is 0 Å². The van der Waals surface area contributed by atoms with Crippen molar-refractivity contribution in [3.8, 4) is 0 Å². The van der Waals surface area contributed by atoms with Crippen LogP contribution in [0.15, 0.2) is 18.2 Å². The lowest BCUT2D eigenvalue weighted by Crippen LogP contribution is -2.43. The normalized spacial score (nSPS) is 11.6. The third kappa shape index (κ3) is 3.79. The lowest BCUT2D eigenvalue weighted by molar-refractivity contribution is -0.146. The van der Waals surface area contributed by atoms with Gasteiger partial charge in [-0.2, -0.15) is 0 Å². The molecule has 1 atom stereocenters. The van der Waals surface area contributed by atoms with E-state index in [1.165, 1.54) is 12.1 Å². The molecule has 7 heteroatoms. The number of ether oxygens (including phenoxy) is 1. The maximum atomic E-state index is 11.8. The molecule has 108 valence electrons. The van der Waals surface area contributed by atoms with Gasteiger partial charge < -0.3 is 20.9 Å². The number of nitrogens with one attached hydrogen (secondary N) is 1. The van der Waals surface area contributed by atoms with Crippen molar-refractivity contribution in [2.24, 2.45) is 5.73 Å². The summed E-state index contributed by atoms with van der Waals surface area (Å²) in [4.78, 5) is 34.2. The molecule has 0 aliphatic carbocycles. The average molecular weight is 280 g/mol. The SMILES string of the molecule is CCOC(=O)C(N)C(=O)Nc1ccc(C)cc1C(=O)O. The molecule has 7 nitrogen and oxygen atoms in total. The zero-order chi connectivity index (χ0) is 15.3. The maximum Gasteiger partial charge on any atom is 0.337 e. The number of hydrogen-bond donors (Lipinski definition) is 3. The van der Waals surface area contributed by atoms with Crippen molar-refractivity contribution in [1.82, 2.24) is 0 Å². The Morgan fingerprint density at radius 3 is 2.60 bits per heavy atom. The van der Waals surface area contributed by atoms with E-state index in [4.69, 9.17) is 10.8 Å². The molecule has 20 heavy (non-hydrogen) atoms. The average Bonchev–Trinajstić information content (AvgIpc) is 2.39. The smallest absolute Gasteiger partial charge is 0.337 e. The zero-order valence-corrected chi connectivity index (χ0v) is 11.2. The van der Waals surface area contributed by atoms with Crippen molar-refractivity contribution in [1.29, 1.82) is 0 Å². The van der Waals surface area contributed by atoms with Gasteiger partial charge in [0.1, 0.15) is 0 Å². The van der Waals surface area contributed by atoms with Gasteiger partial charge in [-0.1, -0.05) is 11.6 Å². The summed E-state index contributed by atoms with van der Waals surface area (Å²) in [5, 5.41) is 11.4. The lowest BCUT2D eigenvalue weighted by Gasteiger charge is -2.13. The highest BCUT2D eigenvalue weighted by atomic mass is 16.5. The molecule has 0 saturated carbocycles. The highest BCUT2D eigenvalue weighted by molar-refractivity contribution is 6.10. The van der Waals surface area contributed by atoms with Crippen LogP contribution in [0.5, 0.6) is 0 Å². The first-order chi connectivity index (χ1) is 9.36. The minimum Gasteiger partial charge on any atom is -0.478 e. The Hall–Kier alpha value is -2.41. The topological polar surface area (TPSA) is 119 Å². The first kappa shape index (κ1) is 15.6. The van der Waals surface area contributed by atoms with Crippen LogP contribution >= 0.6 is 0 Å². The maximum absolute atomic E-state index is 11.8. The van der Waals surface area contributed by atoms with Gasteiger partial charge in [0.05, 0.1) is 17.9 Å². The second kappa shape index (κ2) is 6.67. The number of amides is 1. The van der Waals surface area contributed by atoms with Crippen LogP contribution < -0.4 is 11.1 Å². The molecular formula is C13H16N2O5. The largest absolute Gasteiger partial charge is 0.478 e. The molecule has 1 rings (SSSR count). The van der Waals surface area contributed by atoms with Gasteiger partial charge in [0.2, 0.25) is 0 Å². The number of carboxylic acid groups (broad SMARTS) is 1. The fourth-order valence-corrected chi connectivity index (χ4v) is 1.49. The molecule has 0 heterocycles. The lowest BCUT2D eigenvalue weighted by atomic mass is 10.1. The molecule has 0 fully saturated rings. The van der Waals surface area contributed by atoms with Gasteiger partial charge in [-0.05, 0) is 26.0 Å². The van der Waals surface area contributed by atoms with Crippen molar-refractivity contribution in [2.45, 2.75) is 19.9 Å². The summed E-state index contributed by atoms with van der Waals surface area (Å²) < 4.78 is 4.62. The summed E-state index contributed by atoms with van der Waals surface area (Å²) >= 11 is 0. The summed E-state index contributed by atoms with van der Waals surface area (Å²) in [6.07, 6.45) is 0. The molecule has 0 saturated heterocycles. The fourth-order valence-electron chi connectivity index (χ4n) is 1.49. The van der Waals surface area contributed by atoms with Crippen molar-refractivity contribution >= 4 is 23.5 Å². The van der Waals surface area contributed by atoms with Crippen molar-refractivity contribution in [2.75, 3.05) is 11.9 Å². The highest BCUT2D eigenvalue weighted by Crippen LogP contribution is 2.17. The molecule has 0 aliphatic heterocycles. The Balaban J connectivity index is 2.91. The molecule has 4 N–H and O–H groups in total. The molecular weight excluding hydrogens is 264 g/mol. The number of anilines is 1. The Labute approximate surface area is 115 Å². The summed E-state index contributed by atoms with van der Waals surface area (Å²) in [5.74, 6) is -2.88. The van der Waals surface area contributed by atoms with Crippen LogP contribution in [0.4, 0.5) is 5.69 Å². The molecule has 1 aromatic carbocycles. The van der Waals surface area contributed by atoms with E-state index < -0.39 is 23.9 Å². The fraction of sp³-hybridized carbons (Fsp3) is 0.308. The summed E-state index contributed by atoms with van der Waals surface area (Å²) in [6.45, 7) is 3.41. The van der Waals surface area contributed by atoms with Crippen molar-refractivity contribution in [3.63, 3.8) is 0 Å². The van der Waals surface area contributed by atoms with E-state index in [1.54, 1.807) is 19.9 Å². The first-order valence-corrected chi connectivity index (χ1v) is 5.93. The van der Waals surface area contributed by atoms with E-state index in [2.05, 4.69) is 10.1 Å². The van der Waals surface area contributed by atoms with Gasteiger partial charge in [-0.15, -0.1) is 0 Å². The quantitative estimate of drug-likeness (QED) is 0.534. The minimum atomic E-state index is -1.50. The second-order valence-corrected chi connectivity index (χ2v) is 4.07. The summed E-state index contributed by atoms with van der Waals surface area (Å²) in [5.41, 5.74) is 6.15. The minimum absolute atomic E-state index is 0.0746. The number of aromatic carboxylic acids is 1. The van der Waals surface area contributed by atoms with Crippen molar-refractivity contribution in [3.05, 3.63) is 29.3 Å². The van der Waals surface area contributed by atoms with Crippen LogP contribution in [0.25, 0.3) is 0 Å². The monoisotopic (exact) mass is 280 g/mol. The van der Waals surface area contributed by atoms with Crippen LogP contribution in [0.3, 0.4) is 0 Å². The Morgan fingerprint density at radius 1 is 1.40 bits per heavy atom.